The molecule has 0 aromatic carbocycles. The van der Waals surface area contributed by atoms with Gasteiger partial charge in [0.25, 0.3) is 0 Å². The van der Waals surface area contributed by atoms with Crippen LogP contribution < -0.4 is 4.91 Å². The Morgan fingerprint density at radius 1 is 1.90 bits per heavy atom. The highest BCUT2D eigenvalue weighted by atomic mass is 32.1. The largest absolute Gasteiger partial charge is 0.476 e. The maximum Gasteiger partial charge on any atom is 0.355 e. The second-order valence-corrected chi connectivity index (χ2v) is 2.73. The van der Waals surface area contributed by atoms with Crippen LogP contribution in [-0.4, -0.2) is 23.3 Å². The van der Waals surface area contributed by atoms with Crippen molar-refractivity contribution < 1.29 is 9.90 Å². The molecular weight excluding hydrogens is 149 g/mol. The minimum absolute atomic E-state index is 0.154. The minimum Gasteiger partial charge on any atom is -0.476 e. The van der Waals surface area contributed by atoms with Gasteiger partial charge in [-0.2, -0.15) is 0 Å². The summed E-state index contributed by atoms with van der Waals surface area (Å²) in [6.45, 7) is 1.95. The Hall–Kier alpha value is -0.835. The van der Waals surface area contributed by atoms with E-state index in [1.54, 1.807) is 5.38 Å². The Morgan fingerprint density at radius 2 is 2.60 bits per heavy atom. The number of aromatic carboxylic acids is 1. The standard InChI is InChI=1S/C5H6BNO2S/c1-6-5-7-3(2-10-5)4(8)9/h2,6H,1H3,(H,8,9). The maximum absolute atomic E-state index is 10.3. The van der Waals surface area contributed by atoms with Crippen molar-refractivity contribution >= 4 is 29.5 Å². The molecule has 0 bridgehead atoms. The van der Waals surface area contributed by atoms with Gasteiger partial charge in [0.2, 0.25) is 0 Å². The van der Waals surface area contributed by atoms with E-state index in [0.29, 0.717) is 0 Å². The third-order valence-electron chi connectivity index (χ3n) is 1.07. The number of hydrogen-bond donors (Lipinski definition) is 1. The van der Waals surface area contributed by atoms with Crippen LogP contribution >= 0.6 is 11.3 Å². The highest BCUT2D eigenvalue weighted by Crippen LogP contribution is 1.97. The Kier molecular flexibility index (Phi) is 2.06. The van der Waals surface area contributed by atoms with Crippen LogP contribution in [0.4, 0.5) is 0 Å². The number of carboxylic acids is 1. The highest BCUT2D eigenvalue weighted by molar-refractivity contribution is 7.19. The molecule has 0 saturated carbocycles. The van der Waals surface area contributed by atoms with E-state index in [-0.39, 0.29) is 5.69 Å². The first-order valence-corrected chi connectivity index (χ1v) is 3.79. The van der Waals surface area contributed by atoms with Crippen molar-refractivity contribution in [3.05, 3.63) is 11.1 Å². The Labute approximate surface area is 63.0 Å². The van der Waals surface area contributed by atoms with Gasteiger partial charge >= 0.3 is 5.97 Å². The van der Waals surface area contributed by atoms with Crippen molar-refractivity contribution in [1.82, 2.24) is 4.98 Å². The predicted molar refractivity (Wildman–Crippen MR) is 41.7 cm³/mol. The normalized spacial score (nSPS) is 9.30. The summed E-state index contributed by atoms with van der Waals surface area (Å²) in [6.07, 6.45) is 0. The van der Waals surface area contributed by atoms with Gasteiger partial charge in [-0.05, 0) is 0 Å². The van der Waals surface area contributed by atoms with Crippen molar-refractivity contribution in [3.63, 3.8) is 0 Å². The van der Waals surface area contributed by atoms with E-state index in [1.165, 1.54) is 11.3 Å². The summed E-state index contributed by atoms with van der Waals surface area (Å²) in [7, 11) is 0.804. The molecule has 1 N–H and O–H groups in total. The molecule has 1 aromatic rings. The van der Waals surface area contributed by atoms with Crippen molar-refractivity contribution in [2.24, 2.45) is 0 Å². The first-order valence-electron chi connectivity index (χ1n) is 2.91. The molecule has 0 atom stereocenters. The van der Waals surface area contributed by atoms with E-state index in [2.05, 4.69) is 4.98 Å². The van der Waals surface area contributed by atoms with E-state index in [1.807, 2.05) is 6.82 Å². The quantitative estimate of drug-likeness (QED) is 0.609. The van der Waals surface area contributed by atoms with Gasteiger partial charge in [0, 0.05) is 10.3 Å². The van der Waals surface area contributed by atoms with E-state index in [0.717, 1.165) is 12.2 Å². The highest BCUT2D eigenvalue weighted by Gasteiger charge is 2.06. The minimum atomic E-state index is -0.948. The summed E-state index contributed by atoms with van der Waals surface area (Å²) in [5.74, 6) is -0.948. The number of carbonyl (C=O) groups is 1. The van der Waals surface area contributed by atoms with Crippen LogP contribution in [0.2, 0.25) is 6.82 Å². The number of hydrogen-bond acceptors (Lipinski definition) is 3. The number of nitrogens with zero attached hydrogens (tertiary/aromatic N) is 1. The van der Waals surface area contributed by atoms with E-state index in [9.17, 15) is 4.79 Å². The van der Waals surface area contributed by atoms with Crippen LogP contribution in [0.25, 0.3) is 0 Å². The zero-order chi connectivity index (χ0) is 7.56. The van der Waals surface area contributed by atoms with E-state index < -0.39 is 5.97 Å². The lowest BCUT2D eigenvalue weighted by Gasteiger charge is -1.81. The van der Waals surface area contributed by atoms with Crippen LogP contribution in [-0.2, 0) is 0 Å². The Bertz CT molecular complexity index is 248. The first kappa shape index (κ1) is 7.27. The molecule has 0 amide bonds. The molecule has 1 rings (SSSR count). The van der Waals surface area contributed by atoms with Crippen LogP contribution in [0.5, 0.6) is 0 Å². The Morgan fingerprint density at radius 3 is 2.90 bits per heavy atom. The molecule has 3 nitrogen and oxygen atoms in total. The summed E-state index contributed by atoms with van der Waals surface area (Å²) in [5.41, 5.74) is 0.154. The van der Waals surface area contributed by atoms with Crippen LogP contribution in [0, 0.1) is 0 Å². The van der Waals surface area contributed by atoms with Crippen LogP contribution in [0.15, 0.2) is 5.38 Å². The van der Waals surface area contributed by atoms with Gasteiger partial charge in [0.05, 0.1) is 0 Å². The fourth-order valence-corrected chi connectivity index (χ4v) is 1.29. The van der Waals surface area contributed by atoms with Gasteiger partial charge in [-0.3, -0.25) is 0 Å². The topological polar surface area (TPSA) is 50.2 Å². The average Bonchev–Trinajstić information content (AvgIpc) is 2.34. The lowest BCUT2D eigenvalue weighted by atomic mass is 9.84. The number of thiazole rings is 1. The van der Waals surface area contributed by atoms with Crippen molar-refractivity contribution in [2.75, 3.05) is 0 Å². The maximum atomic E-state index is 10.3. The summed E-state index contributed by atoms with van der Waals surface area (Å²) in [6, 6.07) is 0. The van der Waals surface area contributed by atoms with Gasteiger partial charge in [-0.15, -0.1) is 11.3 Å². The van der Waals surface area contributed by atoms with Gasteiger partial charge < -0.3 is 5.11 Å². The van der Waals surface area contributed by atoms with Crippen molar-refractivity contribution in [3.8, 4) is 0 Å². The molecule has 5 heteroatoms. The SMILES string of the molecule is CBc1nc(C(=O)O)cs1. The molecule has 0 aliphatic carbocycles. The lowest BCUT2D eigenvalue weighted by Crippen LogP contribution is -2.10. The fraction of sp³-hybridized carbons (Fsp3) is 0.200. The Balaban J connectivity index is 2.88. The smallest absolute Gasteiger partial charge is 0.355 e. The second kappa shape index (κ2) is 2.83. The van der Waals surface area contributed by atoms with Crippen molar-refractivity contribution in [1.29, 1.82) is 0 Å². The molecule has 52 valence electrons. The zero-order valence-electron chi connectivity index (χ0n) is 5.50. The monoisotopic (exact) mass is 155 g/mol. The number of rotatable bonds is 2. The second-order valence-electron chi connectivity index (χ2n) is 1.79. The summed E-state index contributed by atoms with van der Waals surface area (Å²) < 4.78 is 0. The predicted octanol–water partition coefficient (Wildman–Crippen LogP) is -0.0488. The molecule has 0 spiro atoms. The van der Waals surface area contributed by atoms with E-state index >= 15 is 0 Å². The molecule has 1 heterocycles. The summed E-state index contributed by atoms with van der Waals surface area (Å²) in [4.78, 5) is 15.0. The van der Waals surface area contributed by atoms with Crippen LogP contribution in [0.1, 0.15) is 10.5 Å². The molecular formula is C5H6BNO2S. The van der Waals surface area contributed by atoms with Gasteiger partial charge in [-0.1, -0.05) is 6.82 Å². The van der Waals surface area contributed by atoms with Gasteiger partial charge in [0.1, 0.15) is 0 Å². The molecule has 0 unspecified atom stereocenters. The molecule has 10 heavy (non-hydrogen) atoms. The molecule has 0 saturated heterocycles. The molecule has 0 fully saturated rings. The lowest BCUT2D eigenvalue weighted by molar-refractivity contribution is 0.0691. The summed E-state index contributed by atoms with van der Waals surface area (Å²) >= 11 is 1.39. The fourth-order valence-electron chi connectivity index (χ4n) is 0.572. The van der Waals surface area contributed by atoms with Gasteiger partial charge in [0.15, 0.2) is 13.0 Å². The molecule has 0 radical (unpaired) electrons. The van der Waals surface area contributed by atoms with Crippen LogP contribution in [0.3, 0.4) is 0 Å². The van der Waals surface area contributed by atoms with Crippen molar-refractivity contribution in [2.45, 2.75) is 6.82 Å². The molecule has 1 aromatic heterocycles. The molecule has 0 aliphatic heterocycles. The first-order chi connectivity index (χ1) is 4.74. The average molecular weight is 155 g/mol. The summed E-state index contributed by atoms with van der Waals surface area (Å²) in [5, 5.41) is 9.99. The molecule has 0 aliphatic rings. The third kappa shape index (κ3) is 1.36. The van der Waals surface area contributed by atoms with E-state index in [4.69, 9.17) is 5.11 Å². The van der Waals surface area contributed by atoms with Gasteiger partial charge in [-0.25, -0.2) is 9.78 Å². The zero-order valence-corrected chi connectivity index (χ0v) is 6.31. The number of carboxylic acid groups (broad SMARTS) is 1. The third-order valence-corrected chi connectivity index (χ3v) is 2.07. The number of aromatic nitrogens is 1.